The predicted octanol–water partition coefficient (Wildman–Crippen LogP) is 3.61. The quantitative estimate of drug-likeness (QED) is 0.721. The lowest BCUT2D eigenvalue weighted by Crippen LogP contribution is -2.31. The number of alkyl halides is 1. The third-order valence-electron chi connectivity index (χ3n) is 4.01. The normalized spacial score (nSPS) is 11.7. The van der Waals surface area contributed by atoms with Gasteiger partial charge in [-0.15, -0.1) is 0 Å². The van der Waals surface area contributed by atoms with Crippen LogP contribution in [0.5, 0.6) is 5.88 Å². The van der Waals surface area contributed by atoms with Crippen LogP contribution in [-0.4, -0.2) is 23.0 Å². The van der Waals surface area contributed by atoms with E-state index in [0.29, 0.717) is 11.1 Å². The lowest BCUT2D eigenvalue weighted by molar-refractivity contribution is 0.0938. The molecule has 2 heterocycles. The molecule has 3 aromatic rings. The SMILES string of the molecule is COc1ncccc1C(=O)N[C@@H](c1ccc(CF)cc1)c1ncccc1F. The Morgan fingerprint density at radius 2 is 1.81 bits per heavy atom. The van der Waals surface area contributed by atoms with E-state index in [1.165, 1.54) is 31.6 Å². The van der Waals surface area contributed by atoms with E-state index >= 15 is 0 Å². The van der Waals surface area contributed by atoms with E-state index in [2.05, 4.69) is 15.3 Å². The Morgan fingerprint density at radius 3 is 2.48 bits per heavy atom. The number of aromatic nitrogens is 2. The van der Waals surface area contributed by atoms with E-state index in [9.17, 15) is 13.6 Å². The minimum atomic E-state index is -0.864. The molecule has 0 aliphatic rings. The standard InChI is InChI=1S/C20H17F2N3O2/c1-27-20-15(4-2-11-24-20)19(26)25-17(18-16(22)5-3-10-23-18)14-8-6-13(12-21)7-9-14/h2-11,17H,12H2,1H3,(H,25,26)/t17-/m0/s1. The molecular weight excluding hydrogens is 352 g/mol. The number of methoxy groups -OCH3 is 1. The Morgan fingerprint density at radius 1 is 1.11 bits per heavy atom. The average molecular weight is 369 g/mol. The van der Waals surface area contributed by atoms with Crippen LogP contribution in [0.4, 0.5) is 8.78 Å². The number of amides is 1. The summed E-state index contributed by atoms with van der Waals surface area (Å²) in [5.74, 6) is -0.900. The van der Waals surface area contributed by atoms with Crippen molar-refractivity contribution in [2.24, 2.45) is 0 Å². The van der Waals surface area contributed by atoms with Crippen molar-refractivity contribution in [3.63, 3.8) is 0 Å². The van der Waals surface area contributed by atoms with Gasteiger partial charge in [0.05, 0.1) is 13.2 Å². The molecule has 0 aliphatic carbocycles. The van der Waals surface area contributed by atoms with Crippen molar-refractivity contribution in [2.75, 3.05) is 7.11 Å². The monoisotopic (exact) mass is 369 g/mol. The van der Waals surface area contributed by atoms with Crippen LogP contribution < -0.4 is 10.1 Å². The van der Waals surface area contributed by atoms with Crippen molar-refractivity contribution in [3.05, 3.63) is 89.1 Å². The van der Waals surface area contributed by atoms with Crippen LogP contribution in [0.15, 0.2) is 60.9 Å². The number of pyridine rings is 2. The van der Waals surface area contributed by atoms with Crippen LogP contribution in [0.1, 0.15) is 33.2 Å². The van der Waals surface area contributed by atoms with Gasteiger partial charge < -0.3 is 10.1 Å². The molecule has 2 aromatic heterocycles. The highest BCUT2D eigenvalue weighted by Crippen LogP contribution is 2.25. The Balaban J connectivity index is 1.99. The van der Waals surface area contributed by atoms with Crippen LogP contribution in [0, 0.1) is 5.82 Å². The fraction of sp³-hybridized carbons (Fsp3) is 0.150. The molecule has 1 atom stereocenters. The topological polar surface area (TPSA) is 64.1 Å². The zero-order chi connectivity index (χ0) is 19.2. The molecular formula is C20H17F2N3O2. The number of benzene rings is 1. The maximum Gasteiger partial charge on any atom is 0.257 e. The summed E-state index contributed by atoms with van der Waals surface area (Å²) in [6.07, 6.45) is 2.94. The molecule has 7 heteroatoms. The van der Waals surface area contributed by atoms with Gasteiger partial charge in [0.25, 0.3) is 5.91 Å². The summed E-state index contributed by atoms with van der Waals surface area (Å²) in [7, 11) is 1.41. The molecule has 0 saturated carbocycles. The molecule has 0 saturated heterocycles. The molecule has 0 radical (unpaired) electrons. The molecule has 1 aromatic carbocycles. The fourth-order valence-corrected chi connectivity index (χ4v) is 2.65. The van der Waals surface area contributed by atoms with Gasteiger partial charge in [-0.25, -0.2) is 13.8 Å². The number of rotatable bonds is 6. The van der Waals surface area contributed by atoms with Crippen LogP contribution >= 0.6 is 0 Å². The first-order chi connectivity index (χ1) is 13.1. The molecule has 0 aliphatic heterocycles. The second-order valence-corrected chi connectivity index (χ2v) is 5.71. The maximum absolute atomic E-state index is 14.4. The Bertz CT molecular complexity index is 933. The van der Waals surface area contributed by atoms with E-state index in [4.69, 9.17) is 4.74 Å². The van der Waals surface area contributed by atoms with E-state index in [1.54, 1.807) is 36.4 Å². The van der Waals surface area contributed by atoms with Gasteiger partial charge in [0.1, 0.15) is 23.7 Å². The molecule has 3 rings (SSSR count). The molecule has 0 fully saturated rings. The molecule has 1 N–H and O–H groups in total. The summed E-state index contributed by atoms with van der Waals surface area (Å²) < 4.78 is 32.3. The summed E-state index contributed by atoms with van der Waals surface area (Å²) in [4.78, 5) is 20.8. The number of hydrogen-bond acceptors (Lipinski definition) is 4. The van der Waals surface area contributed by atoms with Crippen molar-refractivity contribution < 1.29 is 18.3 Å². The number of hydrogen-bond donors (Lipinski definition) is 1. The molecule has 0 bridgehead atoms. The first-order valence-corrected chi connectivity index (χ1v) is 8.19. The van der Waals surface area contributed by atoms with Crippen LogP contribution in [-0.2, 0) is 6.67 Å². The minimum Gasteiger partial charge on any atom is -0.480 e. The summed E-state index contributed by atoms with van der Waals surface area (Å²) in [5.41, 5.74) is 1.32. The number of ether oxygens (including phenoxy) is 1. The maximum atomic E-state index is 14.4. The molecule has 0 unspecified atom stereocenters. The zero-order valence-electron chi connectivity index (χ0n) is 14.5. The number of carbonyl (C=O) groups excluding carboxylic acids is 1. The Kier molecular flexibility index (Phi) is 5.71. The number of nitrogens with one attached hydrogen (secondary N) is 1. The first-order valence-electron chi connectivity index (χ1n) is 8.19. The summed E-state index contributed by atoms with van der Waals surface area (Å²) in [6.45, 7) is -0.609. The van der Waals surface area contributed by atoms with Gasteiger partial charge in [-0.3, -0.25) is 9.78 Å². The molecule has 0 spiro atoms. The van der Waals surface area contributed by atoms with E-state index in [0.717, 1.165) is 0 Å². The average Bonchev–Trinajstić information content (AvgIpc) is 2.72. The summed E-state index contributed by atoms with van der Waals surface area (Å²) >= 11 is 0. The Labute approximate surface area is 155 Å². The smallest absolute Gasteiger partial charge is 0.257 e. The van der Waals surface area contributed by atoms with Gasteiger partial charge in [0, 0.05) is 12.4 Å². The van der Waals surface area contributed by atoms with Gasteiger partial charge >= 0.3 is 0 Å². The summed E-state index contributed by atoms with van der Waals surface area (Å²) in [5, 5.41) is 2.76. The van der Waals surface area contributed by atoms with Crippen molar-refractivity contribution in [3.8, 4) is 5.88 Å². The third-order valence-corrected chi connectivity index (χ3v) is 4.01. The van der Waals surface area contributed by atoms with Crippen LogP contribution in [0.3, 0.4) is 0 Å². The van der Waals surface area contributed by atoms with E-state index in [-0.39, 0.29) is 17.1 Å². The molecule has 5 nitrogen and oxygen atoms in total. The van der Waals surface area contributed by atoms with Crippen molar-refractivity contribution in [1.29, 1.82) is 0 Å². The lowest BCUT2D eigenvalue weighted by atomic mass is 10.0. The highest BCUT2D eigenvalue weighted by Gasteiger charge is 2.24. The van der Waals surface area contributed by atoms with Gasteiger partial charge in [-0.1, -0.05) is 24.3 Å². The third kappa shape index (κ3) is 4.08. The second kappa shape index (κ2) is 8.35. The van der Waals surface area contributed by atoms with Crippen molar-refractivity contribution in [1.82, 2.24) is 15.3 Å². The van der Waals surface area contributed by atoms with Gasteiger partial charge in [0.2, 0.25) is 5.88 Å². The van der Waals surface area contributed by atoms with E-state index in [1.807, 2.05) is 0 Å². The molecule has 27 heavy (non-hydrogen) atoms. The van der Waals surface area contributed by atoms with Gasteiger partial charge in [-0.2, -0.15) is 0 Å². The largest absolute Gasteiger partial charge is 0.480 e. The zero-order valence-corrected chi connectivity index (χ0v) is 14.5. The lowest BCUT2D eigenvalue weighted by Gasteiger charge is -2.20. The fourth-order valence-electron chi connectivity index (χ4n) is 2.65. The highest BCUT2D eigenvalue weighted by atomic mass is 19.1. The predicted molar refractivity (Wildman–Crippen MR) is 95.5 cm³/mol. The minimum absolute atomic E-state index is 0.0571. The molecule has 138 valence electrons. The summed E-state index contributed by atoms with van der Waals surface area (Å²) in [6, 6.07) is 11.5. The van der Waals surface area contributed by atoms with E-state index < -0.39 is 24.4 Å². The van der Waals surface area contributed by atoms with Crippen molar-refractivity contribution >= 4 is 5.91 Å². The van der Waals surface area contributed by atoms with Crippen molar-refractivity contribution in [2.45, 2.75) is 12.7 Å². The Hall–Kier alpha value is -3.35. The first kappa shape index (κ1) is 18.4. The van der Waals surface area contributed by atoms with Crippen LogP contribution in [0.25, 0.3) is 0 Å². The number of nitrogens with zero attached hydrogens (tertiary/aromatic N) is 2. The van der Waals surface area contributed by atoms with Gasteiger partial charge in [-0.05, 0) is 35.4 Å². The number of carbonyl (C=O) groups is 1. The second-order valence-electron chi connectivity index (χ2n) is 5.71. The highest BCUT2D eigenvalue weighted by molar-refractivity contribution is 5.96. The van der Waals surface area contributed by atoms with Gasteiger partial charge in [0.15, 0.2) is 0 Å². The van der Waals surface area contributed by atoms with Crippen LogP contribution in [0.2, 0.25) is 0 Å². The number of halogens is 2. The molecule has 1 amide bonds.